The molecule has 2 heterocycles. The van der Waals surface area contributed by atoms with Crippen LogP contribution in [0.5, 0.6) is 11.5 Å². The fraction of sp³-hybridized carbons (Fsp3) is 0.533. The lowest BCUT2D eigenvalue weighted by molar-refractivity contribution is 0.159. The van der Waals surface area contributed by atoms with Crippen LogP contribution in [-0.2, 0) is 11.2 Å². The van der Waals surface area contributed by atoms with Crippen molar-refractivity contribution in [2.24, 2.45) is 5.92 Å². The van der Waals surface area contributed by atoms with Gasteiger partial charge >= 0.3 is 0 Å². The molecular weight excluding hydrogens is 256 g/mol. The maximum atomic E-state index is 5.69. The van der Waals surface area contributed by atoms with Crippen molar-refractivity contribution in [2.45, 2.75) is 19.8 Å². The molecule has 0 bridgehead atoms. The summed E-state index contributed by atoms with van der Waals surface area (Å²) in [5.41, 5.74) is 1.92. The molecule has 1 aliphatic rings. The molecule has 2 aromatic rings. The molecule has 1 aromatic carbocycles. The minimum atomic E-state index is 0.436. The Morgan fingerprint density at radius 2 is 2.05 bits per heavy atom. The van der Waals surface area contributed by atoms with Crippen LogP contribution in [0.2, 0.25) is 0 Å². The zero-order chi connectivity index (χ0) is 13.9. The molecule has 1 atom stereocenters. The van der Waals surface area contributed by atoms with E-state index in [4.69, 9.17) is 14.2 Å². The number of ether oxygens (including phenoxy) is 3. The third kappa shape index (κ3) is 2.72. The number of rotatable bonds is 4. The van der Waals surface area contributed by atoms with Gasteiger partial charge in [0.05, 0.1) is 24.2 Å². The van der Waals surface area contributed by atoms with Crippen molar-refractivity contribution in [1.29, 1.82) is 0 Å². The quantitative estimate of drug-likeness (QED) is 0.932. The Balaban J connectivity index is 1.87. The van der Waals surface area contributed by atoms with Gasteiger partial charge in [-0.15, -0.1) is 0 Å². The number of imidazole rings is 1. The van der Waals surface area contributed by atoms with E-state index in [2.05, 4.69) is 16.9 Å². The van der Waals surface area contributed by atoms with Gasteiger partial charge in [0.1, 0.15) is 5.82 Å². The van der Waals surface area contributed by atoms with Crippen molar-refractivity contribution in [3.8, 4) is 11.5 Å². The number of H-pyrrole nitrogens is 1. The average molecular weight is 276 g/mol. The van der Waals surface area contributed by atoms with E-state index in [1.165, 1.54) is 0 Å². The van der Waals surface area contributed by atoms with Crippen molar-refractivity contribution >= 4 is 11.0 Å². The molecule has 1 N–H and O–H groups in total. The number of hydrogen-bond acceptors (Lipinski definition) is 4. The van der Waals surface area contributed by atoms with E-state index in [0.717, 1.165) is 47.8 Å². The number of aromatic amines is 1. The summed E-state index contributed by atoms with van der Waals surface area (Å²) in [5, 5.41) is 0. The summed E-state index contributed by atoms with van der Waals surface area (Å²) >= 11 is 0. The van der Waals surface area contributed by atoms with E-state index in [1.54, 1.807) is 7.11 Å². The highest BCUT2D eigenvalue weighted by atomic mass is 16.5. The largest absolute Gasteiger partial charge is 0.489 e. The Kier molecular flexibility index (Phi) is 3.78. The molecule has 0 saturated carbocycles. The molecule has 0 radical (unpaired) electrons. The summed E-state index contributed by atoms with van der Waals surface area (Å²) in [7, 11) is 1.72. The van der Waals surface area contributed by atoms with Gasteiger partial charge in [0.15, 0.2) is 11.5 Å². The fourth-order valence-corrected chi connectivity index (χ4v) is 2.49. The molecule has 0 fully saturated rings. The summed E-state index contributed by atoms with van der Waals surface area (Å²) in [6.07, 6.45) is 1.78. The molecule has 3 rings (SSSR count). The Morgan fingerprint density at radius 1 is 1.30 bits per heavy atom. The Bertz CT molecular complexity index is 551. The molecule has 108 valence electrons. The minimum absolute atomic E-state index is 0.436. The normalized spacial score (nSPS) is 16.1. The molecular formula is C15H20N2O3. The smallest absolute Gasteiger partial charge is 0.163 e. The van der Waals surface area contributed by atoms with Crippen LogP contribution < -0.4 is 9.47 Å². The second-order valence-electron chi connectivity index (χ2n) is 5.31. The molecule has 0 aliphatic carbocycles. The number of nitrogens with zero attached hydrogens (tertiary/aromatic N) is 1. The number of nitrogens with one attached hydrogen (secondary N) is 1. The first kappa shape index (κ1) is 13.2. The predicted octanol–water partition coefficient (Wildman–Crippen LogP) is 2.55. The monoisotopic (exact) mass is 276 g/mol. The third-order valence-electron chi connectivity index (χ3n) is 3.39. The Labute approximate surface area is 118 Å². The van der Waals surface area contributed by atoms with Crippen LogP contribution in [0.15, 0.2) is 12.1 Å². The van der Waals surface area contributed by atoms with Crippen LogP contribution in [0.3, 0.4) is 0 Å². The van der Waals surface area contributed by atoms with E-state index < -0.39 is 0 Å². The third-order valence-corrected chi connectivity index (χ3v) is 3.39. The average Bonchev–Trinajstić information content (AvgIpc) is 2.64. The zero-order valence-corrected chi connectivity index (χ0v) is 11.9. The van der Waals surface area contributed by atoms with Gasteiger partial charge in [-0.2, -0.15) is 0 Å². The van der Waals surface area contributed by atoms with Gasteiger partial charge in [-0.25, -0.2) is 4.98 Å². The minimum Gasteiger partial charge on any atom is -0.489 e. The van der Waals surface area contributed by atoms with Gasteiger partial charge in [-0.3, -0.25) is 0 Å². The summed E-state index contributed by atoms with van der Waals surface area (Å²) < 4.78 is 16.5. The number of fused-ring (bicyclic) bond motifs is 2. The first-order chi connectivity index (χ1) is 9.76. The molecule has 0 amide bonds. The highest BCUT2D eigenvalue weighted by Crippen LogP contribution is 2.33. The second-order valence-corrected chi connectivity index (χ2v) is 5.31. The second kappa shape index (κ2) is 5.71. The van der Waals surface area contributed by atoms with Gasteiger partial charge in [-0.1, -0.05) is 6.92 Å². The lowest BCUT2D eigenvalue weighted by Gasteiger charge is -2.06. The summed E-state index contributed by atoms with van der Waals surface area (Å²) in [6, 6.07) is 3.93. The first-order valence-corrected chi connectivity index (χ1v) is 7.03. The van der Waals surface area contributed by atoms with Crippen molar-refractivity contribution in [3.63, 3.8) is 0 Å². The lowest BCUT2D eigenvalue weighted by atomic mass is 10.1. The topological polar surface area (TPSA) is 56.4 Å². The van der Waals surface area contributed by atoms with Crippen molar-refractivity contribution < 1.29 is 14.2 Å². The molecule has 5 nitrogen and oxygen atoms in total. The zero-order valence-electron chi connectivity index (χ0n) is 11.9. The maximum Gasteiger partial charge on any atom is 0.163 e. The summed E-state index contributed by atoms with van der Waals surface area (Å²) in [4.78, 5) is 7.98. The number of methoxy groups -OCH3 is 1. The van der Waals surface area contributed by atoms with Gasteiger partial charge in [0, 0.05) is 38.7 Å². The summed E-state index contributed by atoms with van der Waals surface area (Å²) in [5.74, 6) is 3.00. The van der Waals surface area contributed by atoms with Crippen LogP contribution in [0.4, 0.5) is 0 Å². The van der Waals surface area contributed by atoms with E-state index in [9.17, 15) is 0 Å². The van der Waals surface area contributed by atoms with Crippen LogP contribution in [0.1, 0.15) is 19.2 Å². The Morgan fingerprint density at radius 3 is 2.80 bits per heavy atom. The van der Waals surface area contributed by atoms with Crippen LogP contribution >= 0.6 is 0 Å². The molecule has 0 spiro atoms. The molecule has 20 heavy (non-hydrogen) atoms. The molecule has 0 saturated heterocycles. The fourth-order valence-electron chi connectivity index (χ4n) is 2.49. The molecule has 1 unspecified atom stereocenters. The first-order valence-electron chi connectivity index (χ1n) is 7.03. The van der Waals surface area contributed by atoms with E-state index in [1.807, 2.05) is 12.1 Å². The van der Waals surface area contributed by atoms with Gasteiger partial charge in [0.25, 0.3) is 0 Å². The lowest BCUT2D eigenvalue weighted by Crippen LogP contribution is -2.07. The number of benzene rings is 1. The van der Waals surface area contributed by atoms with E-state index in [0.29, 0.717) is 19.1 Å². The van der Waals surface area contributed by atoms with E-state index >= 15 is 0 Å². The van der Waals surface area contributed by atoms with Gasteiger partial charge in [-0.05, 0) is 5.92 Å². The molecule has 5 heteroatoms. The van der Waals surface area contributed by atoms with Crippen LogP contribution in [0.25, 0.3) is 11.0 Å². The maximum absolute atomic E-state index is 5.69. The van der Waals surface area contributed by atoms with Crippen LogP contribution in [-0.4, -0.2) is 36.9 Å². The molecule has 1 aromatic heterocycles. The van der Waals surface area contributed by atoms with Gasteiger partial charge < -0.3 is 19.2 Å². The standard InChI is InChI=1S/C15H20N2O3/c1-10(9-18-2)6-15-16-11-7-13-14(8-12(11)17-15)20-5-3-4-19-13/h7-8,10H,3-6,9H2,1-2H3,(H,16,17). The SMILES string of the molecule is COCC(C)Cc1nc2cc3c(cc2[nH]1)OCCCO3. The summed E-state index contributed by atoms with van der Waals surface area (Å²) in [6.45, 7) is 4.28. The molecule has 1 aliphatic heterocycles. The van der Waals surface area contributed by atoms with Crippen molar-refractivity contribution in [3.05, 3.63) is 18.0 Å². The van der Waals surface area contributed by atoms with E-state index in [-0.39, 0.29) is 0 Å². The van der Waals surface area contributed by atoms with Gasteiger partial charge in [0.2, 0.25) is 0 Å². The number of hydrogen-bond donors (Lipinski definition) is 1. The highest BCUT2D eigenvalue weighted by Gasteiger charge is 2.14. The van der Waals surface area contributed by atoms with Crippen molar-refractivity contribution in [1.82, 2.24) is 9.97 Å². The van der Waals surface area contributed by atoms with Crippen LogP contribution in [0, 0.1) is 5.92 Å². The van der Waals surface area contributed by atoms with Crippen molar-refractivity contribution in [2.75, 3.05) is 26.9 Å². The number of aromatic nitrogens is 2. The Hall–Kier alpha value is -1.75. The highest BCUT2D eigenvalue weighted by molar-refractivity contribution is 5.79. The predicted molar refractivity (Wildman–Crippen MR) is 76.4 cm³/mol.